The third-order valence-corrected chi connectivity index (χ3v) is 3.53. The molecule has 0 spiro atoms. The van der Waals surface area contributed by atoms with Crippen LogP contribution in [0.1, 0.15) is 42.7 Å². The van der Waals surface area contributed by atoms with E-state index < -0.39 is 0 Å². The van der Waals surface area contributed by atoms with Gasteiger partial charge in [0.05, 0.1) is 6.26 Å². The molecule has 1 aliphatic carbocycles. The molecule has 0 saturated heterocycles. The van der Waals surface area contributed by atoms with Crippen LogP contribution in [-0.4, -0.2) is 11.9 Å². The standard InChI is InChI=1S/C15H17NO3/c17-15(16-11-5-2-1-3-6-11)14-9-8-13(19-14)12-7-4-10-18-12/h4,7-11H,1-3,5-6H2,(H,16,17). The van der Waals surface area contributed by atoms with Crippen LogP contribution in [0.3, 0.4) is 0 Å². The van der Waals surface area contributed by atoms with Gasteiger partial charge in [-0.05, 0) is 37.1 Å². The quantitative estimate of drug-likeness (QED) is 0.916. The number of carbonyl (C=O) groups is 1. The predicted molar refractivity (Wildman–Crippen MR) is 70.7 cm³/mol. The van der Waals surface area contributed by atoms with Crippen LogP contribution < -0.4 is 5.32 Å². The third-order valence-electron chi connectivity index (χ3n) is 3.53. The highest BCUT2D eigenvalue weighted by Crippen LogP contribution is 2.23. The number of hydrogen-bond acceptors (Lipinski definition) is 3. The Labute approximate surface area is 111 Å². The molecule has 4 nitrogen and oxygen atoms in total. The lowest BCUT2D eigenvalue weighted by molar-refractivity contribution is 0.0900. The van der Waals surface area contributed by atoms with Crippen molar-refractivity contribution in [3.8, 4) is 11.5 Å². The second-order valence-corrected chi connectivity index (χ2v) is 4.95. The van der Waals surface area contributed by atoms with Gasteiger partial charge in [0.1, 0.15) is 0 Å². The van der Waals surface area contributed by atoms with Crippen molar-refractivity contribution in [1.82, 2.24) is 5.32 Å². The maximum absolute atomic E-state index is 12.1. The summed E-state index contributed by atoms with van der Waals surface area (Å²) in [5, 5.41) is 3.03. The van der Waals surface area contributed by atoms with E-state index in [1.807, 2.05) is 6.07 Å². The molecule has 2 aromatic rings. The highest BCUT2D eigenvalue weighted by molar-refractivity contribution is 5.92. The average molecular weight is 259 g/mol. The molecule has 0 aromatic carbocycles. The molecule has 1 fully saturated rings. The summed E-state index contributed by atoms with van der Waals surface area (Å²) < 4.78 is 10.8. The topological polar surface area (TPSA) is 55.4 Å². The molecule has 1 amide bonds. The fourth-order valence-corrected chi connectivity index (χ4v) is 2.51. The van der Waals surface area contributed by atoms with Crippen LogP contribution in [0.4, 0.5) is 0 Å². The second-order valence-electron chi connectivity index (χ2n) is 4.95. The number of amides is 1. The Hall–Kier alpha value is -1.97. The van der Waals surface area contributed by atoms with Gasteiger partial charge in [-0.15, -0.1) is 0 Å². The average Bonchev–Trinajstić information content (AvgIpc) is 3.11. The Morgan fingerprint density at radius 2 is 1.95 bits per heavy atom. The molecule has 3 rings (SSSR count). The van der Waals surface area contributed by atoms with E-state index in [0.717, 1.165) is 12.8 Å². The zero-order valence-corrected chi connectivity index (χ0v) is 10.7. The van der Waals surface area contributed by atoms with Gasteiger partial charge in [-0.1, -0.05) is 19.3 Å². The first kappa shape index (κ1) is 12.1. The van der Waals surface area contributed by atoms with Crippen LogP contribution in [0, 0.1) is 0 Å². The molecule has 4 heteroatoms. The third kappa shape index (κ3) is 2.72. The summed E-state index contributed by atoms with van der Waals surface area (Å²) in [4.78, 5) is 12.1. The summed E-state index contributed by atoms with van der Waals surface area (Å²) in [6, 6.07) is 7.34. The highest BCUT2D eigenvalue weighted by atomic mass is 16.4. The zero-order valence-electron chi connectivity index (χ0n) is 10.7. The lowest BCUT2D eigenvalue weighted by Crippen LogP contribution is -2.35. The van der Waals surface area contributed by atoms with E-state index in [4.69, 9.17) is 8.83 Å². The van der Waals surface area contributed by atoms with Gasteiger partial charge in [-0.25, -0.2) is 0 Å². The Morgan fingerprint density at radius 1 is 1.11 bits per heavy atom. The van der Waals surface area contributed by atoms with Crippen molar-refractivity contribution < 1.29 is 13.6 Å². The van der Waals surface area contributed by atoms with Gasteiger partial charge < -0.3 is 14.2 Å². The van der Waals surface area contributed by atoms with Gasteiger partial charge in [0.15, 0.2) is 17.3 Å². The Balaban J connectivity index is 1.67. The first-order valence-corrected chi connectivity index (χ1v) is 6.77. The lowest BCUT2D eigenvalue weighted by atomic mass is 9.95. The van der Waals surface area contributed by atoms with Gasteiger partial charge in [-0.2, -0.15) is 0 Å². The van der Waals surface area contributed by atoms with Crippen molar-refractivity contribution in [3.05, 3.63) is 36.3 Å². The summed E-state index contributed by atoms with van der Waals surface area (Å²) >= 11 is 0. The summed E-state index contributed by atoms with van der Waals surface area (Å²) in [7, 11) is 0. The molecular weight excluding hydrogens is 242 g/mol. The van der Waals surface area contributed by atoms with Crippen LogP contribution in [0.15, 0.2) is 39.4 Å². The Kier molecular flexibility index (Phi) is 3.40. The normalized spacial score (nSPS) is 16.4. The molecule has 1 N–H and O–H groups in total. The molecule has 2 heterocycles. The van der Waals surface area contributed by atoms with Crippen molar-refractivity contribution in [2.45, 2.75) is 38.1 Å². The van der Waals surface area contributed by atoms with Crippen LogP contribution in [0.5, 0.6) is 0 Å². The summed E-state index contributed by atoms with van der Waals surface area (Å²) in [6.07, 6.45) is 7.38. The van der Waals surface area contributed by atoms with E-state index in [0.29, 0.717) is 23.3 Å². The van der Waals surface area contributed by atoms with Gasteiger partial charge >= 0.3 is 0 Å². The molecular formula is C15H17NO3. The van der Waals surface area contributed by atoms with Gasteiger partial charge in [0, 0.05) is 6.04 Å². The van der Waals surface area contributed by atoms with Crippen molar-refractivity contribution in [3.63, 3.8) is 0 Å². The summed E-state index contributed by atoms with van der Waals surface area (Å²) in [6.45, 7) is 0. The number of rotatable bonds is 3. The zero-order chi connectivity index (χ0) is 13.1. The lowest BCUT2D eigenvalue weighted by Gasteiger charge is -2.22. The number of furan rings is 2. The largest absolute Gasteiger partial charge is 0.461 e. The summed E-state index contributed by atoms with van der Waals surface area (Å²) in [5.41, 5.74) is 0. The van der Waals surface area contributed by atoms with Crippen molar-refractivity contribution >= 4 is 5.91 Å². The minimum atomic E-state index is -0.135. The van der Waals surface area contributed by atoms with E-state index >= 15 is 0 Å². The molecule has 1 saturated carbocycles. The predicted octanol–water partition coefficient (Wildman–Crippen LogP) is 3.60. The molecule has 0 unspecified atom stereocenters. The van der Waals surface area contributed by atoms with E-state index in [1.54, 1.807) is 24.5 Å². The molecule has 1 aliphatic rings. The SMILES string of the molecule is O=C(NC1CCCCC1)c1ccc(-c2ccco2)o1. The minimum absolute atomic E-state index is 0.135. The molecule has 2 aromatic heterocycles. The number of hydrogen-bond donors (Lipinski definition) is 1. The number of carbonyl (C=O) groups excluding carboxylic acids is 1. The van der Waals surface area contributed by atoms with E-state index in [1.165, 1.54) is 19.3 Å². The fraction of sp³-hybridized carbons (Fsp3) is 0.400. The molecule has 0 bridgehead atoms. The maximum Gasteiger partial charge on any atom is 0.287 e. The molecule has 19 heavy (non-hydrogen) atoms. The van der Waals surface area contributed by atoms with Gasteiger partial charge in [0.2, 0.25) is 0 Å². The van der Waals surface area contributed by atoms with Crippen LogP contribution in [0.2, 0.25) is 0 Å². The van der Waals surface area contributed by atoms with Crippen LogP contribution >= 0.6 is 0 Å². The van der Waals surface area contributed by atoms with Gasteiger partial charge in [-0.3, -0.25) is 4.79 Å². The molecule has 0 radical (unpaired) electrons. The van der Waals surface area contributed by atoms with Crippen molar-refractivity contribution in [2.24, 2.45) is 0 Å². The smallest absolute Gasteiger partial charge is 0.287 e. The van der Waals surface area contributed by atoms with E-state index in [9.17, 15) is 4.79 Å². The monoisotopic (exact) mass is 259 g/mol. The van der Waals surface area contributed by atoms with Crippen molar-refractivity contribution in [2.75, 3.05) is 0 Å². The minimum Gasteiger partial charge on any atom is -0.461 e. The molecule has 100 valence electrons. The Bertz CT molecular complexity index is 536. The first-order chi connectivity index (χ1) is 9.33. The number of nitrogens with one attached hydrogen (secondary N) is 1. The van der Waals surface area contributed by atoms with E-state index in [-0.39, 0.29) is 5.91 Å². The highest BCUT2D eigenvalue weighted by Gasteiger charge is 2.19. The fourth-order valence-electron chi connectivity index (χ4n) is 2.51. The molecule has 0 atom stereocenters. The summed E-state index contributed by atoms with van der Waals surface area (Å²) in [5.74, 6) is 1.43. The first-order valence-electron chi connectivity index (χ1n) is 6.77. The van der Waals surface area contributed by atoms with Crippen LogP contribution in [-0.2, 0) is 0 Å². The maximum atomic E-state index is 12.1. The van der Waals surface area contributed by atoms with E-state index in [2.05, 4.69) is 5.32 Å². The van der Waals surface area contributed by atoms with Crippen molar-refractivity contribution in [1.29, 1.82) is 0 Å². The Morgan fingerprint density at radius 3 is 2.68 bits per heavy atom. The van der Waals surface area contributed by atoms with Crippen LogP contribution in [0.25, 0.3) is 11.5 Å². The molecule has 0 aliphatic heterocycles. The van der Waals surface area contributed by atoms with Gasteiger partial charge in [0.25, 0.3) is 5.91 Å². The second kappa shape index (κ2) is 5.34.